The maximum atomic E-state index is 12.7. The Morgan fingerprint density at radius 1 is 1.19 bits per heavy atom. The van der Waals surface area contributed by atoms with Crippen molar-refractivity contribution in [3.8, 4) is 23.3 Å². The van der Waals surface area contributed by atoms with Crippen molar-refractivity contribution >= 4 is 50.2 Å². The first-order valence-electron chi connectivity index (χ1n) is 13.4. The van der Waals surface area contributed by atoms with Gasteiger partial charge in [0.15, 0.2) is 28.5 Å². The van der Waals surface area contributed by atoms with Gasteiger partial charge in [-0.3, -0.25) is 4.79 Å². The summed E-state index contributed by atoms with van der Waals surface area (Å²) in [4.78, 5) is 27.5. The van der Waals surface area contributed by atoms with Gasteiger partial charge in [0.2, 0.25) is 11.7 Å². The number of rotatable bonds is 8. The Morgan fingerprint density at radius 3 is 2.71 bits per heavy atom. The van der Waals surface area contributed by atoms with Crippen LogP contribution in [0.5, 0.6) is 11.5 Å². The standard InChI is InChI=1S/C29H29BrN6O5S/c1-31-28(39)29-13-17(29)23(24(37)25(29)38)36-14-33-22-26(32-11-10-15-4-7-18(40-2)19(12-15)41-3)34-21(35-27(22)36)9-6-16-5-8-20(30)42-16/h4-5,7-8,12,14,17,23-25,37-38H,10-11,13H2,1-3H3,(H,31,39)(H,32,34,35)/t17-,23-,24+,25+,29+/m1/s1. The molecule has 3 aromatic heterocycles. The van der Waals surface area contributed by atoms with Gasteiger partial charge in [-0.1, -0.05) is 6.07 Å². The van der Waals surface area contributed by atoms with Gasteiger partial charge in [0.25, 0.3) is 0 Å². The van der Waals surface area contributed by atoms with Gasteiger partial charge in [0.1, 0.15) is 6.10 Å². The number of aliphatic hydroxyl groups excluding tert-OH is 2. The average molecular weight is 654 g/mol. The molecule has 3 heterocycles. The fourth-order valence-corrected chi connectivity index (χ4v) is 7.20. The van der Waals surface area contributed by atoms with Crippen LogP contribution in [0.3, 0.4) is 0 Å². The Hall–Kier alpha value is -3.70. The number of methoxy groups -OCH3 is 2. The van der Waals surface area contributed by atoms with Crippen LogP contribution < -0.4 is 20.1 Å². The summed E-state index contributed by atoms with van der Waals surface area (Å²) in [6, 6.07) is 9.04. The normalized spacial score (nSPS) is 24.0. The molecule has 11 nitrogen and oxygen atoms in total. The summed E-state index contributed by atoms with van der Waals surface area (Å²) in [5.74, 6) is 7.73. The number of anilines is 1. The second-order valence-electron chi connectivity index (χ2n) is 10.3. The quantitative estimate of drug-likeness (QED) is 0.211. The summed E-state index contributed by atoms with van der Waals surface area (Å²) in [5, 5.41) is 28.0. The first-order valence-corrected chi connectivity index (χ1v) is 15.0. The van der Waals surface area contributed by atoms with Crippen molar-refractivity contribution in [2.45, 2.75) is 31.1 Å². The Balaban J connectivity index is 1.34. The van der Waals surface area contributed by atoms with Crippen LogP contribution in [0.2, 0.25) is 0 Å². The van der Waals surface area contributed by atoms with E-state index in [1.54, 1.807) is 25.1 Å². The number of amides is 1. The van der Waals surface area contributed by atoms with E-state index < -0.39 is 23.7 Å². The maximum absolute atomic E-state index is 12.7. The van der Waals surface area contributed by atoms with Gasteiger partial charge < -0.3 is 34.9 Å². The minimum Gasteiger partial charge on any atom is -0.493 e. The fraction of sp³-hybridized carbons (Fsp3) is 0.379. The third-order valence-corrected chi connectivity index (χ3v) is 9.63. The second-order valence-corrected chi connectivity index (χ2v) is 12.8. The first kappa shape index (κ1) is 28.4. The predicted octanol–water partition coefficient (Wildman–Crippen LogP) is 2.75. The van der Waals surface area contributed by atoms with Crippen LogP contribution in [0.15, 0.2) is 40.4 Å². The molecule has 4 N–H and O–H groups in total. The van der Waals surface area contributed by atoms with Gasteiger partial charge in [0, 0.05) is 19.5 Å². The third-order valence-electron chi connectivity index (χ3n) is 8.09. The van der Waals surface area contributed by atoms with Crippen LogP contribution in [-0.4, -0.2) is 75.7 Å². The SMILES string of the molecule is CNC(=O)[C@@]12C[C@@H]1[C@@H](n1cnc3c(NCCc4ccc(OC)c(OC)c4)nc(C#Cc4ccc(Br)s4)nc31)[C@H](O)[C@@H]2O. The van der Waals surface area contributed by atoms with E-state index in [0.29, 0.717) is 47.9 Å². The average Bonchev–Trinajstić information content (AvgIpc) is 3.24. The molecule has 0 bridgehead atoms. The number of fused-ring (bicyclic) bond motifs is 2. The summed E-state index contributed by atoms with van der Waals surface area (Å²) in [7, 11) is 4.74. The molecule has 1 amide bonds. The van der Waals surface area contributed by atoms with Gasteiger partial charge >= 0.3 is 0 Å². The molecule has 1 aromatic carbocycles. The highest BCUT2D eigenvalue weighted by Crippen LogP contribution is 2.67. The lowest BCUT2D eigenvalue weighted by atomic mass is 9.98. The number of nitrogens with one attached hydrogen (secondary N) is 2. The van der Waals surface area contributed by atoms with Gasteiger partial charge in [-0.2, -0.15) is 0 Å². The number of thiophene rings is 1. The van der Waals surface area contributed by atoms with Gasteiger partial charge in [0.05, 0.1) is 46.8 Å². The van der Waals surface area contributed by atoms with Crippen molar-refractivity contribution < 1.29 is 24.5 Å². The number of carbonyl (C=O) groups excluding carboxylic acids is 1. The zero-order valence-electron chi connectivity index (χ0n) is 23.1. The van der Waals surface area contributed by atoms with E-state index in [0.717, 1.165) is 14.2 Å². The van der Waals surface area contributed by atoms with Crippen LogP contribution in [0.4, 0.5) is 5.82 Å². The van der Waals surface area contributed by atoms with Gasteiger partial charge in [-0.15, -0.1) is 11.3 Å². The Labute approximate surface area is 254 Å². The van der Waals surface area contributed by atoms with E-state index in [1.807, 2.05) is 30.3 Å². The van der Waals surface area contributed by atoms with Crippen molar-refractivity contribution in [2.75, 3.05) is 33.1 Å². The van der Waals surface area contributed by atoms with Crippen LogP contribution in [0.1, 0.15) is 28.7 Å². The molecule has 2 aliphatic rings. The lowest BCUT2D eigenvalue weighted by Gasteiger charge is -2.23. The number of halogens is 1. The molecule has 0 spiro atoms. The van der Waals surface area contributed by atoms with Crippen molar-refractivity contribution in [1.82, 2.24) is 24.8 Å². The summed E-state index contributed by atoms with van der Waals surface area (Å²) >= 11 is 4.96. The highest BCUT2D eigenvalue weighted by Gasteiger charge is 2.75. The molecule has 2 aliphatic carbocycles. The van der Waals surface area contributed by atoms with E-state index in [4.69, 9.17) is 14.5 Å². The van der Waals surface area contributed by atoms with Crippen LogP contribution in [0, 0.1) is 23.2 Å². The number of ether oxygens (including phenoxy) is 2. The molecular weight excluding hydrogens is 624 g/mol. The van der Waals surface area contributed by atoms with Crippen LogP contribution in [-0.2, 0) is 11.2 Å². The number of benzene rings is 1. The van der Waals surface area contributed by atoms with Crippen molar-refractivity contribution in [2.24, 2.45) is 11.3 Å². The Bertz CT molecular complexity index is 1730. The van der Waals surface area contributed by atoms with E-state index in [2.05, 4.69) is 48.4 Å². The monoisotopic (exact) mass is 652 g/mol. The summed E-state index contributed by atoms with van der Waals surface area (Å²) < 4.78 is 13.5. The van der Waals surface area contributed by atoms with Crippen LogP contribution in [0.25, 0.3) is 11.2 Å². The Kier molecular flexibility index (Phi) is 7.57. The largest absolute Gasteiger partial charge is 0.493 e. The predicted molar refractivity (Wildman–Crippen MR) is 161 cm³/mol. The summed E-state index contributed by atoms with van der Waals surface area (Å²) in [5.41, 5.74) is 0.997. The minimum atomic E-state index is -1.19. The second kappa shape index (κ2) is 11.2. The van der Waals surface area contributed by atoms with Crippen molar-refractivity contribution in [3.63, 3.8) is 0 Å². The number of imidazole rings is 1. The smallest absolute Gasteiger partial charge is 0.229 e. The Morgan fingerprint density at radius 2 is 2.00 bits per heavy atom. The topological polar surface area (TPSA) is 144 Å². The lowest BCUT2D eigenvalue weighted by molar-refractivity contribution is -0.132. The molecule has 0 radical (unpaired) electrons. The zero-order chi connectivity index (χ0) is 29.6. The number of aliphatic hydroxyl groups is 2. The van der Waals surface area contributed by atoms with E-state index >= 15 is 0 Å². The minimum absolute atomic E-state index is 0.255. The summed E-state index contributed by atoms with van der Waals surface area (Å²) in [6.45, 7) is 0.534. The maximum Gasteiger partial charge on any atom is 0.229 e. The van der Waals surface area contributed by atoms with Crippen molar-refractivity contribution in [3.05, 3.63) is 56.7 Å². The van der Waals surface area contributed by atoms with Gasteiger partial charge in [-0.25, -0.2) is 15.0 Å². The number of nitrogens with zero attached hydrogens (tertiary/aromatic N) is 4. The van der Waals surface area contributed by atoms with Crippen LogP contribution >= 0.6 is 27.3 Å². The number of hydrogen-bond acceptors (Lipinski definition) is 10. The molecule has 4 aromatic rings. The van der Waals surface area contributed by atoms with E-state index in [9.17, 15) is 15.0 Å². The van der Waals surface area contributed by atoms with E-state index in [-0.39, 0.29) is 17.6 Å². The number of aromatic nitrogens is 4. The molecule has 218 valence electrons. The molecule has 42 heavy (non-hydrogen) atoms. The number of hydrogen-bond donors (Lipinski definition) is 4. The number of carbonyl (C=O) groups is 1. The first-order chi connectivity index (χ1) is 20.3. The third kappa shape index (κ3) is 4.78. The molecule has 6 rings (SSSR count). The summed E-state index contributed by atoms with van der Waals surface area (Å²) in [6.07, 6.45) is 0.374. The van der Waals surface area contributed by atoms with Gasteiger partial charge in [-0.05, 0) is 70.4 Å². The molecule has 0 aliphatic heterocycles. The molecule has 0 saturated heterocycles. The van der Waals surface area contributed by atoms with E-state index in [1.165, 1.54) is 18.4 Å². The lowest BCUT2D eigenvalue weighted by Crippen LogP contribution is -2.41. The molecule has 0 unspecified atom stereocenters. The zero-order valence-corrected chi connectivity index (χ0v) is 25.5. The van der Waals surface area contributed by atoms with Crippen molar-refractivity contribution in [1.29, 1.82) is 0 Å². The molecular formula is C29H29BrN6O5S. The molecule has 2 saturated carbocycles. The fourth-order valence-electron chi connectivity index (χ4n) is 5.96. The molecule has 13 heteroatoms. The molecule has 5 atom stereocenters. The highest BCUT2D eigenvalue weighted by molar-refractivity contribution is 9.11. The highest BCUT2D eigenvalue weighted by atomic mass is 79.9. The molecule has 2 fully saturated rings.